The van der Waals surface area contributed by atoms with Crippen LogP contribution in [0, 0.1) is 0 Å². The number of aromatic amines is 1. The van der Waals surface area contributed by atoms with Gasteiger partial charge in [-0.3, -0.25) is 4.79 Å². The van der Waals surface area contributed by atoms with Crippen molar-refractivity contribution in [1.82, 2.24) is 10.3 Å². The summed E-state index contributed by atoms with van der Waals surface area (Å²) in [5.74, 6) is -0.731. The van der Waals surface area contributed by atoms with Crippen LogP contribution < -0.4 is 5.32 Å². The van der Waals surface area contributed by atoms with Crippen LogP contribution in [-0.2, 0) is 6.42 Å². The van der Waals surface area contributed by atoms with Crippen LogP contribution in [0.2, 0.25) is 0 Å². The van der Waals surface area contributed by atoms with Gasteiger partial charge in [0.25, 0.3) is 5.91 Å². The summed E-state index contributed by atoms with van der Waals surface area (Å²) in [6.45, 7) is 0.406. The van der Waals surface area contributed by atoms with Crippen molar-refractivity contribution in [2.75, 3.05) is 6.54 Å². The largest absolute Gasteiger partial charge is 0.506 e. The first-order valence-corrected chi connectivity index (χ1v) is 7.14. The van der Waals surface area contributed by atoms with Crippen LogP contribution >= 0.6 is 0 Å². The van der Waals surface area contributed by atoms with Gasteiger partial charge >= 0.3 is 0 Å². The molecule has 0 fully saturated rings. The van der Waals surface area contributed by atoms with Crippen LogP contribution in [0.4, 0.5) is 0 Å². The number of phenolic OH excluding ortho intramolecular Hbond substituents is 3. The summed E-state index contributed by atoms with van der Waals surface area (Å²) in [5.41, 5.74) is 1.94. The molecule has 1 aromatic heterocycles. The molecule has 0 saturated heterocycles. The fourth-order valence-electron chi connectivity index (χ4n) is 2.48. The standard InChI is InChI=1S/C17H16N2O4/c20-13-5-4-10(8-15(13)22)17(23)18-7-6-11-9-19-16-12(11)2-1-3-14(16)21/h1-5,8-9,19-22H,6-7H2,(H,18,23). The number of benzene rings is 2. The van der Waals surface area contributed by atoms with Crippen molar-refractivity contribution in [2.45, 2.75) is 6.42 Å². The Labute approximate surface area is 132 Å². The van der Waals surface area contributed by atoms with E-state index in [1.165, 1.54) is 18.2 Å². The normalized spacial score (nSPS) is 10.8. The van der Waals surface area contributed by atoms with Gasteiger partial charge < -0.3 is 25.6 Å². The average Bonchev–Trinajstić information content (AvgIpc) is 2.95. The zero-order valence-electron chi connectivity index (χ0n) is 12.2. The number of aromatic hydroxyl groups is 3. The highest BCUT2D eigenvalue weighted by Gasteiger charge is 2.10. The molecule has 3 rings (SSSR count). The lowest BCUT2D eigenvalue weighted by atomic mass is 10.1. The molecule has 6 nitrogen and oxygen atoms in total. The number of amides is 1. The SMILES string of the molecule is O=C(NCCc1c[nH]c2c(O)cccc12)c1ccc(O)c(O)c1. The summed E-state index contributed by atoms with van der Waals surface area (Å²) in [6.07, 6.45) is 2.40. The van der Waals surface area contributed by atoms with Crippen molar-refractivity contribution in [3.8, 4) is 17.2 Å². The van der Waals surface area contributed by atoms with E-state index >= 15 is 0 Å². The minimum atomic E-state index is -0.331. The summed E-state index contributed by atoms with van der Waals surface area (Å²) < 4.78 is 0. The van der Waals surface area contributed by atoms with E-state index in [1.54, 1.807) is 12.1 Å². The second-order valence-electron chi connectivity index (χ2n) is 5.22. The quantitative estimate of drug-likeness (QED) is 0.476. The van der Waals surface area contributed by atoms with E-state index in [0.717, 1.165) is 10.9 Å². The van der Waals surface area contributed by atoms with Gasteiger partial charge in [0.15, 0.2) is 11.5 Å². The minimum absolute atomic E-state index is 0.192. The van der Waals surface area contributed by atoms with Crippen LogP contribution in [0.25, 0.3) is 10.9 Å². The van der Waals surface area contributed by atoms with E-state index in [2.05, 4.69) is 10.3 Å². The zero-order valence-corrected chi connectivity index (χ0v) is 12.2. The first kappa shape index (κ1) is 14.8. The Morgan fingerprint density at radius 1 is 1.04 bits per heavy atom. The Kier molecular flexibility index (Phi) is 3.80. The molecule has 0 aliphatic rings. The Morgan fingerprint density at radius 2 is 1.87 bits per heavy atom. The molecule has 0 aliphatic carbocycles. The third kappa shape index (κ3) is 2.91. The highest BCUT2D eigenvalue weighted by atomic mass is 16.3. The molecular formula is C17H16N2O4. The second kappa shape index (κ2) is 5.92. The van der Waals surface area contributed by atoms with E-state index in [0.29, 0.717) is 18.5 Å². The number of carbonyl (C=O) groups excluding carboxylic acids is 1. The van der Waals surface area contributed by atoms with E-state index in [4.69, 9.17) is 0 Å². The first-order chi connectivity index (χ1) is 11.1. The number of aromatic nitrogens is 1. The summed E-state index contributed by atoms with van der Waals surface area (Å²) in [6, 6.07) is 9.21. The van der Waals surface area contributed by atoms with Gasteiger partial charge in [0.2, 0.25) is 0 Å². The summed E-state index contributed by atoms with van der Waals surface area (Å²) >= 11 is 0. The van der Waals surface area contributed by atoms with E-state index in [-0.39, 0.29) is 28.7 Å². The molecule has 118 valence electrons. The molecular weight excluding hydrogens is 296 g/mol. The van der Waals surface area contributed by atoms with Gasteiger partial charge in [-0.05, 0) is 36.2 Å². The van der Waals surface area contributed by atoms with Crippen molar-refractivity contribution in [2.24, 2.45) is 0 Å². The Morgan fingerprint density at radius 3 is 2.65 bits per heavy atom. The number of carbonyl (C=O) groups is 1. The maximum absolute atomic E-state index is 12.0. The highest BCUT2D eigenvalue weighted by Crippen LogP contribution is 2.26. The molecule has 0 bridgehead atoms. The third-order valence-corrected chi connectivity index (χ3v) is 3.70. The van der Waals surface area contributed by atoms with Gasteiger partial charge in [-0.25, -0.2) is 0 Å². The Balaban J connectivity index is 1.65. The van der Waals surface area contributed by atoms with E-state index in [9.17, 15) is 20.1 Å². The monoisotopic (exact) mass is 312 g/mol. The first-order valence-electron chi connectivity index (χ1n) is 7.14. The van der Waals surface area contributed by atoms with E-state index < -0.39 is 0 Å². The number of phenols is 3. The molecule has 0 spiro atoms. The van der Waals surface area contributed by atoms with Crippen molar-refractivity contribution in [3.05, 3.63) is 53.7 Å². The highest BCUT2D eigenvalue weighted by molar-refractivity contribution is 5.95. The van der Waals surface area contributed by atoms with Gasteiger partial charge in [-0.2, -0.15) is 0 Å². The number of nitrogens with one attached hydrogen (secondary N) is 2. The van der Waals surface area contributed by atoms with Gasteiger partial charge in [-0.15, -0.1) is 0 Å². The number of rotatable bonds is 4. The predicted octanol–water partition coefficient (Wildman–Crippen LogP) is 2.26. The number of hydrogen-bond donors (Lipinski definition) is 5. The maximum Gasteiger partial charge on any atom is 0.251 e. The van der Waals surface area contributed by atoms with Crippen molar-refractivity contribution < 1.29 is 20.1 Å². The van der Waals surface area contributed by atoms with Crippen LogP contribution in [0.3, 0.4) is 0 Å². The topological polar surface area (TPSA) is 106 Å². The molecule has 3 aromatic rings. The molecule has 0 aliphatic heterocycles. The lowest BCUT2D eigenvalue weighted by Gasteiger charge is -2.06. The fourth-order valence-corrected chi connectivity index (χ4v) is 2.48. The van der Waals surface area contributed by atoms with Crippen molar-refractivity contribution in [3.63, 3.8) is 0 Å². The summed E-state index contributed by atoms with van der Waals surface area (Å²) in [5, 5.41) is 32.1. The van der Waals surface area contributed by atoms with Gasteiger partial charge in [0.05, 0.1) is 5.52 Å². The van der Waals surface area contributed by atoms with Gasteiger partial charge in [0.1, 0.15) is 5.75 Å². The van der Waals surface area contributed by atoms with Gasteiger partial charge in [0, 0.05) is 23.7 Å². The number of hydrogen-bond acceptors (Lipinski definition) is 4. The molecule has 0 unspecified atom stereocenters. The number of fused-ring (bicyclic) bond motifs is 1. The number of H-pyrrole nitrogens is 1. The molecule has 5 N–H and O–H groups in total. The Bertz CT molecular complexity index is 870. The van der Waals surface area contributed by atoms with Gasteiger partial charge in [-0.1, -0.05) is 12.1 Å². The molecule has 23 heavy (non-hydrogen) atoms. The van der Waals surface area contributed by atoms with Crippen LogP contribution in [0.5, 0.6) is 17.2 Å². The Hall–Kier alpha value is -3.15. The van der Waals surface area contributed by atoms with Crippen LogP contribution in [-0.4, -0.2) is 32.8 Å². The molecule has 0 radical (unpaired) electrons. The lowest BCUT2D eigenvalue weighted by molar-refractivity contribution is 0.0953. The fraction of sp³-hybridized carbons (Fsp3) is 0.118. The van der Waals surface area contributed by atoms with Crippen LogP contribution in [0.15, 0.2) is 42.6 Å². The maximum atomic E-state index is 12.0. The summed E-state index contributed by atoms with van der Waals surface area (Å²) in [7, 11) is 0. The molecule has 6 heteroatoms. The average molecular weight is 312 g/mol. The molecule has 1 amide bonds. The molecule has 1 heterocycles. The molecule has 2 aromatic carbocycles. The third-order valence-electron chi connectivity index (χ3n) is 3.70. The molecule has 0 saturated carbocycles. The minimum Gasteiger partial charge on any atom is -0.506 e. The predicted molar refractivity (Wildman–Crippen MR) is 85.8 cm³/mol. The second-order valence-corrected chi connectivity index (χ2v) is 5.22. The number of para-hydroxylation sites is 1. The van der Waals surface area contributed by atoms with Crippen LogP contribution in [0.1, 0.15) is 15.9 Å². The summed E-state index contributed by atoms with van der Waals surface area (Å²) in [4.78, 5) is 15.0. The smallest absolute Gasteiger partial charge is 0.251 e. The molecule has 0 atom stereocenters. The van der Waals surface area contributed by atoms with E-state index in [1.807, 2.05) is 12.3 Å². The van der Waals surface area contributed by atoms with Crippen molar-refractivity contribution >= 4 is 16.8 Å². The van der Waals surface area contributed by atoms with Crippen molar-refractivity contribution in [1.29, 1.82) is 0 Å². The zero-order chi connectivity index (χ0) is 16.4. The lowest BCUT2D eigenvalue weighted by Crippen LogP contribution is -2.25.